The molecule has 2 aromatic carbocycles. The lowest BCUT2D eigenvalue weighted by Gasteiger charge is -2.22. The number of carbonyl (C=O) groups excluding carboxylic acids is 1. The van der Waals surface area contributed by atoms with Gasteiger partial charge in [-0.05, 0) is 36.8 Å². The fourth-order valence-corrected chi connectivity index (χ4v) is 2.30. The number of aliphatic hydroxyl groups is 1. The molecule has 2 aromatic rings. The topological polar surface area (TPSA) is 61.4 Å². The van der Waals surface area contributed by atoms with E-state index >= 15 is 0 Å². The van der Waals surface area contributed by atoms with Gasteiger partial charge in [0.05, 0.1) is 12.1 Å². The predicted octanol–water partition coefficient (Wildman–Crippen LogP) is 2.41. The van der Waals surface area contributed by atoms with E-state index in [1.54, 1.807) is 31.2 Å². The van der Waals surface area contributed by atoms with Crippen molar-refractivity contribution in [1.82, 2.24) is 10.6 Å². The maximum absolute atomic E-state index is 12.0. The van der Waals surface area contributed by atoms with Gasteiger partial charge in [-0.25, -0.2) is 0 Å². The van der Waals surface area contributed by atoms with Gasteiger partial charge in [0, 0.05) is 5.56 Å². The van der Waals surface area contributed by atoms with E-state index in [1.165, 1.54) is 0 Å². The standard InChI is InChI=1S/C17H18N2O2S/c1-12(15(20)13-8-4-2-5-9-13)18-17(22)19-16(21)14-10-6-3-7-11-14/h2-12,15,20H,1H3,(H2,18,19,21,22). The molecule has 0 aliphatic carbocycles. The molecule has 2 unspecified atom stereocenters. The average Bonchev–Trinajstić information content (AvgIpc) is 2.55. The van der Waals surface area contributed by atoms with E-state index in [9.17, 15) is 9.90 Å². The summed E-state index contributed by atoms with van der Waals surface area (Å²) in [6, 6.07) is 17.8. The highest BCUT2D eigenvalue weighted by atomic mass is 32.1. The van der Waals surface area contributed by atoms with Crippen LogP contribution >= 0.6 is 12.2 Å². The monoisotopic (exact) mass is 314 g/mol. The average molecular weight is 314 g/mol. The molecule has 0 aliphatic heterocycles. The number of benzene rings is 2. The molecule has 4 nitrogen and oxygen atoms in total. The molecule has 2 rings (SSSR count). The summed E-state index contributed by atoms with van der Waals surface area (Å²) in [5.41, 5.74) is 1.32. The van der Waals surface area contributed by atoms with Gasteiger partial charge in [-0.1, -0.05) is 48.5 Å². The van der Waals surface area contributed by atoms with Crippen LogP contribution < -0.4 is 10.6 Å². The van der Waals surface area contributed by atoms with Gasteiger partial charge in [0.2, 0.25) is 0 Å². The highest BCUT2D eigenvalue weighted by molar-refractivity contribution is 7.80. The summed E-state index contributed by atoms with van der Waals surface area (Å²) < 4.78 is 0. The Morgan fingerprint density at radius 2 is 1.59 bits per heavy atom. The Morgan fingerprint density at radius 1 is 1.05 bits per heavy atom. The Bertz CT molecular complexity index is 632. The van der Waals surface area contributed by atoms with Crippen molar-refractivity contribution in [2.24, 2.45) is 0 Å². The van der Waals surface area contributed by atoms with Crippen molar-refractivity contribution in [2.75, 3.05) is 0 Å². The highest BCUT2D eigenvalue weighted by Gasteiger charge is 2.17. The number of nitrogens with one attached hydrogen (secondary N) is 2. The molecule has 0 spiro atoms. The molecule has 0 heterocycles. The zero-order valence-electron chi connectivity index (χ0n) is 12.2. The summed E-state index contributed by atoms with van der Waals surface area (Å²) in [4.78, 5) is 12.0. The minimum absolute atomic E-state index is 0.191. The molecule has 0 saturated heterocycles. The molecule has 0 aromatic heterocycles. The SMILES string of the molecule is CC(NC(=S)NC(=O)c1ccccc1)C(O)c1ccccc1. The Hall–Kier alpha value is -2.24. The first-order chi connectivity index (χ1) is 10.6. The van der Waals surface area contributed by atoms with Gasteiger partial charge in [-0.15, -0.1) is 0 Å². The number of hydrogen-bond donors (Lipinski definition) is 3. The third kappa shape index (κ3) is 4.38. The lowest BCUT2D eigenvalue weighted by atomic mass is 10.0. The summed E-state index contributed by atoms with van der Waals surface area (Å²) in [7, 11) is 0. The molecule has 2 atom stereocenters. The fourth-order valence-electron chi connectivity index (χ4n) is 2.03. The highest BCUT2D eigenvalue weighted by Crippen LogP contribution is 2.15. The van der Waals surface area contributed by atoms with E-state index in [0.717, 1.165) is 5.56 Å². The number of amides is 1. The van der Waals surface area contributed by atoms with Gasteiger partial charge in [0.1, 0.15) is 0 Å². The Balaban J connectivity index is 1.90. The van der Waals surface area contributed by atoms with Crippen molar-refractivity contribution in [3.8, 4) is 0 Å². The van der Waals surface area contributed by atoms with Crippen molar-refractivity contribution in [2.45, 2.75) is 19.1 Å². The smallest absolute Gasteiger partial charge is 0.257 e. The van der Waals surface area contributed by atoms with Crippen LogP contribution in [0.4, 0.5) is 0 Å². The van der Waals surface area contributed by atoms with Crippen LogP contribution in [0.25, 0.3) is 0 Å². The van der Waals surface area contributed by atoms with E-state index < -0.39 is 6.10 Å². The fraction of sp³-hybridized carbons (Fsp3) is 0.176. The first kappa shape index (κ1) is 16.1. The predicted molar refractivity (Wildman–Crippen MR) is 90.5 cm³/mol. The Morgan fingerprint density at radius 3 is 2.18 bits per heavy atom. The summed E-state index contributed by atoms with van der Waals surface area (Å²) in [6.45, 7) is 1.80. The van der Waals surface area contributed by atoms with Gasteiger partial charge in [-0.3, -0.25) is 10.1 Å². The van der Waals surface area contributed by atoms with Crippen LogP contribution in [0.5, 0.6) is 0 Å². The maximum Gasteiger partial charge on any atom is 0.257 e. The minimum atomic E-state index is -0.715. The lowest BCUT2D eigenvalue weighted by Crippen LogP contribution is -2.45. The molecule has 22 heavy (non-hydrogen) atoms. The van der Waals surface area contributed by atoms with Crippen molar-refractivity contribution in [3.05, 3.63) is 71.8 Å². The molecule has 3 N–H and O–H groups in total. The van der Waals surface area contributed by atoms with E-state index in [4.69, 9.17) is 12.2 Å². The number of thiocarbonyl (C=S) groups is 1. The largest absolute Gasteiger partial charge is 0.386 e. The summed E-state index contributed by atoms with van der Waals surface area (Å²) in [6.07, 6.45) is -0.715. The van der Waals surface area contributed by atoms with Crippen LogP contribution in [-0.2, 0) is 0 Å². The third-order valence-electron chi connectivity index (χ3n) is 3.24. The second kappa shape index (κ2) is 7.68. The molecule has 0 fully saturated rings. The third-order valence-corrected chi connectivity index (χ3v) is 3.46. The van der Waals surface area contributed by atoms with Crippen LogP contribution in [0.15, 0.2) is 60.7 Å². The number of carbonyl (C=O) groups is 1. The van der Waals surface area contributed by atoms with Crippen LogP contribution in [0.1, 0.15) is 28.9 Å². The van der Waals surface area contributed by atoms with Crippen molar-refractivity contribution in [1.29, 1.82) is 0 Å². The minimum Gasteiger partial charge on any atom is -0.386 e. The zero-order valence-corrected chi connectivity index (χ0v) is 13.0. The van der Waals surface area contributed by atoms with Crippen LogP contribution in [0, 0.1) is 0 Å². The van der Waals surface area contributed by atoms with Crippen molar-refractivity contribution in [3.63, 3.8) is 0 Å². The first-order valence-corrected chi connectivity index (χ1v) is 7.38. The van der Waals surface area contributed by atoms with Gasteiger partial charge in [0.25, 0.3) is 5.91 Å². The van der Waals surface area contributed by atoms with Gasteiger partial charge >= 0.3 is 0 Å². The van der Waals surface area contributed by atoms with Gasteiger partial charge in [-0.2, -0.15) is 0 Å². The molecule has 0 radical (unpaired) electrons. The molecular formula is C17H18N2O2S. The molecule has 1 amide bonds. The number of hydrogen-bond acceptors (Lipinski definition) is 3. The van der Waals surface area contributed by atoms with Crippen molar-refractivity contribution < 1.29 is 9.90 Å². The molecule has 0 bridgehead atoms. The van der Waals surface area contributed by atoms with E-state index in [-0.39, 0.29) is 17.1 Å². The van der Waals surface area contributed by atoms with Gasteiger partial charge in [0.15, 0.2) is 5.11 Å². The Kier molecular flexibility index (Phi) is 5.63. The summed E-state index contributed by atoms with van der Waals surface area (Å²) >= 11 is 5.12. The van der Waals surface area contributed by atoms with Crippen LogP contribution in [0.3, 0.4) is 0 Å². The second-order valence-corrected chi connectivity index (χ2v) is 5.35. The van der Waals surface area contributed by atoms with Crippen LogP contribution in [0.2, 0.25) is 0 Å². The zero-order chi connectivity index (χ0) is 15.9. The van der Waals surface area contributed by atoms with E-state index in [1.807, 2.05) is 36.4 Å². The van der Waals surface area contributed by atoms with Crippen LogP contribution in [-0.4, -0.2) is 22.2 Å². The lowest BCUT2D eigenvalue weighted by molar-refractivity contribution is 0.0974. The molecule has 0 saturated carbocycles. The number of rotatable bonds is 4. The van der Waals surface area contributed by atoms with E-state index in [2.05, 4.69) is 10.6 Å². The summed E-state index contributed by atoms with van der Waals surface area (Å²) in [5, 5.41) is 16.0. The molecular weight excluding hydrogens is 296 g/mol. The van der Waals surface area contributed by atoms with E-state index in [0.29, 0.717) is 5.56 Å². The Labute approximate surface area is 135 Å². The number of aliphatic hydroxyl groups excluding tert-OH is 1. The quantitative estimate of drug-likeness (QED) is 0.759. The molecule has 5 heteroatoms. The van der Waals surface area contributed by atoms with Crippen molar-refractivity contribution >= 4 is 23.2 Å². The van der Waals surface area contributed by atoms with Gasteiger partial charge < -0.3 is 10.4 Å². The molecule has 0 aliphatic rings. The second-order valence-electron chi connectivity index (χ2n) is 4.94. The maximum atomic E-state index is 12.0. The first-order valence-electron chi connectivity index (χ1n) is 6.98. The normalized spacial score (nSPS) is 13.0. The molecule has 114 valence electrons. The summed E-state index contributed by atoms with van der Waals surface area (Å²) in [5.74, 6) is -0.278.